The molecule has 0 aliphatic heterocycles. The molecule has 0 fully saturated rings. The molecule has 0 aliphatic carbocycles. The number of carbonyl (C=O) groups excluding carboxylic acids is 1. The molecule has 0 bridgehead atoms. The second-order valence-electron chi connectivity index (χ2n) is 1.61. The monoisotopic (exact) mass is 168 g/mol. The fraction of sp³-hybridized carbons (Fsp3) is 0.500. The smallest absolute Gasteiger partial charge is 0.616 e. The molecule has 0 aliphatic rings. The number of esters is 1. The van der Waals surface area contributed by atoms with Crippen molar-refractivity contribution in [2.75, 3.05) is 14.2 Å². The average molecular weight is 168 g/mol. The van der Waals surface area contributed by atoms with Crippen molar-refractivity contribution in [3.05, 3.63) is 11.5 Å². The van der Waals surface area contributed by atoms with Crippen LogP contribution in [-0.2, 0) is 14.3 Å². The number of hydrogen-bond acceptors (Lipinski definition) is 4. The zero-order chi connectivity index (χ0) is 8.15. The van der Waals surface area contributed by atoms with Gasteiger partial charge >= 0.3 is 35.5 Å². The minimum Gasteiger partial charge on any atom is -0.616 e. The Balaban J connectivity index is 0. The number of ether oxygens (including phenoxy) is 2. The van der Waals surface area contributed by atoms with Crippen LogP contribution in [0.2, 0.25) is 0 Å². The van der Waals surface area contributed by atoms with Crippen molar-refractivity contribution in [2.45, 2.75) is 6.92 Å². The Kier molecular flexibility index (Phi) is 7.94. The molecule has 0 atom stereocenters. The fourth-order valence-electron chi connectivity index (χ4n) is 0.390. The number of carbonyl (C=O) groups is 1. The Morgan fingerprint density at radius 2 is 1.73 bits per heavy atom. The van der Waals surface area contributed by atoms with Crippen LogP contribution in [0.3, 0.4) is 0 Å². The van der Waals surface area contributed by atoms with Gasteiger partial charge in [0.05, 0.1) is 18.6 Å². The summed E-state index contributed by atoms with van der Waals surface area (Å²) < 4.78 is 8.52. The Bertz CT molecular complexity index is 164. The van der Waals surface area contributed by atoms with E-state index in [4.69, 9.17) is 0 Å². The first kappa shape index (κ1) is 13.4. The summed E-state index contributed by atoms with van der Waals surface area (Å²) in [6, 6.07) is 0. The summed E-state index contributed by atoms with van der Waals surface area (Å²) in [5.41, 5.74) is -0.0509. The van der Waals surface area contributed by atoms with Gasteiger partial charge in [-0.1, -0.05) is 0 Å². The summed E-state index contributed by atoms with van der Waals surface area (Å²) in [7, 11) is 2.41. The molecule has 0 saturated carbocycles. The molecule has 0 saturated heterocycles. The van der Waals surface area contributed by atoms with Crippen LogP contribution in [0, 0.1) is 0 Å². The summed E-state index contributed by atoms with van der Waals surface area (Å²) in [5, 5.41) is 10.6. The molecule has 0 spiro atoms. The molecule has 0 N–H and O–H groups in total. The molecule has 0 amide bonds. The molecule has 0 aromatic rings. The van der Waals surface area contributed by atoms with E-state index in [9.17, 15) is 9.90 Å². The van der Waals surface area contributed by atoms with Gasteiger partial charge in [0.1, 0.15) is 0 Å². The number of rotatable bonds is 2. The van der Waals surface area contributed by atoms with Gasteiger partial charge in [-0.3, -0.25) is 0 Å². The van der Waals surface area contributed by atoms with E-state index in [2.05, 4.69) is 9.47 Å². The van der Waals surface area contributed by atoms with Gasteiger partial charge in [-0.05, 0) is 14.0 Å². The van der Waals surface area contributed by atoms with E-state index in [0.29, 0.717) is 0 Å². The van der Waals surface area contributed by atoms with E-state index in [1.165, 1.54) is 21.1 Å². The first-order valence-corrected chi connectivity index (χ1v) is 2.63. The van der Waals surface area contributed by atoms with Crippen molar-refractivity contribution in [1.82, 2.24) is 0 Å². The summed E-state index contributed by atoms with van der Waals surface area (Å²) >= 11 is 0. The van der Waals surface area contributed by atoms with E-state index in [1.807, 2.05) is 0 Å². The molecular weight excluding hydrogens is 159 g/mol. The van der Waals surface area contributed by atoms with Gasteiger partial charge in [-0.25, -0.2) is 4.79 Å². The Labute approximate surface area is 87.5 Å². The van der Waals surface area contributed by atoms with Crippen LogP contribution >= 0.6 is 0 Å². The number of hydrogen-bond donors (Lipinski definition) is 0. The van der Waals surface area contributed by atoms with Crippen molar-refractivity contribution in [3.8, 4) is 0 Å². The summed E-state index contributed by atoms with van der Waals surface area (Å²) in [5.74, 6) is -1.32. The van der Waals surface area contributed by atoms with Gasteiger partial charge in [0.25, 0.3) is 0 Å². The van der Waals surface area contributed by atoms with Crippen molar-refractivity contribution in [1.29, 1.82) is 0 Å². The molecule has 0 radical (unpaired) electrons. The maximum atomic E-state index is 10.6. The molecule has 0 aromatic carbocycles. The molecule has 0 heterocycles. The maximum Gasteiger partial charge on any atom is 1.00 e. The molecule has 11 heavy (non-hydrogen) atoms. The third-order valence-electron chi connectivity index (χ3n) is 0.983. The summed E-state index contributed by atoms with van der Waals surface area (Å²) in [6.07, 6.45) is 0. The predicted molar refractivity (Wildman–Crippen MR) is 31.7 cm³/mol. The van der Waals surface area contributed by atoms with Gasteiger partial charge in [0.15, 0.2) is 0 Å². The molecule has 4 nitrogen and oxygen atoms in total. The first-order chi connectivity index (χ1) is 4.63. The fourth-order valence-corrected chi connectivity index (χ4v) is 0.390. The minimum atomic E-state index is -0.660. The van der Waals surface area contributed by atoms with E-state index < -0.39 is 11.9 Å². The van der Waals surface area contributed by atoms with Crippen LogP contribution in [-0.4, -0.2) is 20.2 Å². The third-order valence-corrected chi connectivity index (χ3v) is 0.983. The third kappa shape index (κ3) is 4.29. The van der Waals surface area contributed by atoms with Gasteiger partial charge in [-0.15, -0.1) is 0 Å². The van der Waals surface area contributed by atoms with Gasteiger partial charge in [-0.2, -0.15) is 0 Å². The van der Waals surface area contributed by atoms with E-state index in [-0.39, 0.29) is 35.1 Å². The standard InChI is InChI=1S/C6H10O4.Na/c1-4(5(7)9-2)6(8)10-3;/h7H,1-3H3;/q;+1/p-1/b5-4+;. The Morgan fingerprint density at radius 3 is 2.00 bits per heavy atom. The Hall–Kier alpha value is -0.190. The van der Waals surface area contributed by atoms with Crippen LogP contribution < -0.4 is 34.7 Å². The van der Waals surface area contributed by atoms with Crippen molar-refractivity contribution < 1.29 is 48.9 Å². The van der Waals surface area contributed by atoms with Gasteiger partial charge in [0.2, 0.25) is 0 Å². The van der Waals surface area contributed by atoms with Crippen LogP contribution in [0.1, 0.15) is 6.92 Å². The van der Waals surface area contributed by atoms with E-state index in [1.54, 1.807) is 0 Å². The topological polar surface area (TPSA) is 58.6 Å². The summed E-state index contributed by atoms with van der Waals surface area (Å²) in [6.45, 7) is 1.34. The van der Waals surface area contributed by atoms with Crippen molar-refractivity contribution in [3.63, 3.8) is 0 Å². The molecule has 58 valence electrons. The Morgan fingerprint density at radius 1 is 1.27 bits per heavy atom. The second kappa shape index (κ2) is 6.52. The summed E-state index contributed by atoms with van der Waals surface area (Å²) in [4.78, 5) is 10.6. The van der Waals surface area contributed by atoms with Crippen LogP contribution in [0.4, 0.5) is 0 Å². The van der Waals surface area contributed by atoms with Crippen molar-refractivity contribution >= 4 is 5.97 Å². The largest absolute Gasteiger partial charge is 1.00 e. The molecule has 0 aromatic heterocycles. The van der Waals surface area contributed by atoms with Gasteiger partial charge in [0, 0.05) is 0 Å². The zero-order valence-corrected chi connectivity index (χ0v) is 9.13. The van der Waals surface area contributed by atoms with Crippen LogP contribution in [0.5, 0.6) is 0 Å². The normalized spacial score (nSPS) is 10.8. The van der Waals surface area contributed by atoms with E-state index in [0.717, 1.165) is 0 Å². The first-order valence-electron chi connectivity index (χ1n) is 2.63. The van der Waals surface area contributed by atoms with E-state index >= 15 is 0 Å². The predicted octanol–water partition coefficient (Wildman–Crippen LogP) is -3.60. The molecular formula is C6H9NaO4. The molecule has 0 unspecified atom stereocenters. The van der Waals surface area contributed by atoms with Crippen LogP contribution in [0.25, 0.3) is 0 Å². The molecule has 0 rings (SSSR count). The average Bonchev–Trinajstić information content (AvgIpc) is 2.00. The second-order valence-corrected chi connectivity index (χ2v) is 1.61. The van der Waals surface area contributed by atoms with Crippen molar-refractivity contribution in [2.24, 2.45) is 0 Å². The number of methoxy groups -OCH3 is 2. The minimum absolute atomic E-state index is 0. The quantitative estimate of drug-likeness (QED) is 0.185. The van der Waals surface area contributed by atoms with Crippen LogP contribution in [0.15, 0.2) is 11.5 Å². The molecule has 5 heteroatoms. The zero-order valence-electron chi connectivity index (χ0n) is 7.13. The van der Waals surface area contributed by atoms with Gasteiger partial charge < -0.3 is 14.6 Å². The maximum absolute atomic E-state index is 10.6. The SMILES string of the molecule is COC(=O)/C(C)=C(\[O-])OC.[Na+].